The minimum absolute atomic E-state index is 0.0178. The molecule has 0 radical (unpaired) electrons. The predicted molar refractivity (Wildman–Crippen MR) is 50.2 cm³/mol. The summed E-state index contributed by atoms with van der Waals surface area (Å²) < 4.78 is 40.0. The second-order valence-electron chi connectivity index (χ2n) is 2.47. The number of hydrogen-bond donors (Lipinski definition) is 1. The number of rotatable bonds is 2. The highest BCUT2D eigenvalue weighted by molar-refractivity contribution is 9.10. The second-order valence-corrected chi connectivity index (χ2v) is 3.39. The fourth-order valence-corrected chi connectivity index (χ4v) is 1.28. The molecule has 15 heavy (non-hydrogen) atoms. The van der Waals surface area contributed by atoms with Gasteiger partial charge >= 0.3 is 6.36 Å². The van der Waals surface area contributed by atoms with Crippen LogP contribution in [0.5, 0.6) is 5.75 Å². The first-order chi connectivity index (χ1) is 6.92. The van der Waals surface area contributed by atoms with Crippen LogP contribution in [-0.2, 0) is 0 Å². The van der Waals surface area contributed by atoms with E-state index in [0.29, 0.717) is 4.47 Å². The quantitative estimate of drug-likeness (QED) is 0.515. The van der Waals surface area contributed by atoms with E-state index in [1.165, 1.54) is 12.1 Å². The third-order valence-corrected chi connectivity index (χ3v) is 1.89. The van der Waals surface area contributed by atoms with Crippen LogP contribution < -0.4 is 4.74 Å². The van der Waals surface area contributed by atoms with Crippen molar-refractivity contribution in [2.75, 3.05) is 0 Å². The zero-order valence-electron chi connectivity index (χ0n) is 7.12. The number of ether oxygens (including phenoxy) is 1. The molecular formula is C8H5BrF3NO2. The number of benzene rings is 1. The van der Waals surface area contributed by atoms with Crippen molar-refractivity contribution in [3.8, 4) is 5.75 Å². The molecule has 7 heteroatoms. The van der Waals surface area contributed by atoms with E-state index in [4.69, 9.17) is 5.21 Å². The van der Waals surface area contributed by atoms with E-state index in [1.807, 2.05) is 0 Å². The van der Waals surface area contributed by atoms with Crippen LogP contribution in [0.15, 0.2) is 27.8 Å². The Morgan fingerprint density at radius 3 is 2.60 bits per heavy atom. The van der Waals surface area contributed by atoms with Crippen molar-refractivity contribution in [3.05, 3.63) is 28.2 Å². The van der Waals surface area contributed by atoms with Crippen molar-refractivity contribution in [1.29, 1.82) is 0 Å². The van der Waals surface area contributed by atoms with Gasteiger partial charge in [0.1, 0.15) is 5.75 Å². The molecule has 0 spiro atoms. The van der Waals surface area contributed by atoms with Crippen LogP contribution in [-0.4, -0.2) is 17.8 Å². The first-order valence-corrected chi connectivity index (χ1v) is 4.44. The average Bonchev–Trinajstić information content (AvgIpc) is 2.08. The zero-order chi connectivity index (χ0) is 11.5. The molecule has 0 bridgehead atoms. The van der Waals surface area contributed by atoms with Crippen LogP contribution in [0.2, 0.25) is 0 Å². The Labute approximate surface area is 91.3 Å². The molecule has 0 fully saturated rings. The third-order valence-electron chi connectivity index (χ3n) is 1.39. The fraction of sp³-hybridized carbons (Fsp3) is 0.125. The molecule has 1 N–H and O–H groups in total. The molecule has 0 aromatic heterocycles. The predicted octanol–water partition coefficient (Wildman–Crippen LogP) is 3.16. The topological polar surface area (TPSA) is 41.8 Å². The van der Waals surface area contributed by atoms with E-state index >= 15 is 0 Å². The fourth-order valence-electron chi connectivity index (χ4n) is 0.900. The highest BCUT2D eigenvalue weighted by atomic mass is 79.9. The van der Waals surface area contributed by atoms with Crippen molar-refractivity contribution >= 4 is 22.1 Å². The molecule has 0 atom stereocenters. The van der Waals surface area contributed by atoms with Crippen LogP contribution in [0.3, 0.4) is 0 Å². The van der Waals surface area contributed by atoms with Crippen LogP contribution in [0.1, 0.15) is 5.56 Å². The Kier molecular flexibility index (Phi) is 3.57. The molecule has 1 aromatic carbocycles. The summed E-state index contributed by atoms with van der Waals surface area (Å²) in [5.74, 6) is -0.427. The molecule has 0 saturated heterocycles. The van der Waals surface area contributed by atoms with Crippen molar-refractivity contribution in [2.24, 2.45) is 5.16 Å². The molecule has 0 aliphatic carbocycles. The SMILES string of the molecule is O/N=C/c1cc(Br)ccc1OC(F)(F)F. The van der Waals surface area contributed by atoms with Gasteiger partial charge in [0.05, 0.1) is 6.21 Å². The Hall–Kier alpha value is -1.24. The van der Waals surface area contributed by atoms with E-state index in [9.17, 15) is 13.2 Å². The summed E-state index contributed by atoms with van der Waals surface area (Å²) in [5, 5.41) is 10.9. The summed E-state index contributed by atoms with van der Waals surface area (Å²) in [4.78, 5) is 0. The number of oxime groups is 1. The molecule has 1 rings (SSSR count). The monoisotopic (exact) mass is 283 g/mol. The number of alkyl halides is 3. The highest BCUT2D eigenvalue weighted by Gasteiger charge is 2.31. The molecule has 0 unspecified atom stereocenters. The summed E-state index contributed by atoms with van der Waals surface area (Å²) in [6.45, 7) is 0. The van der Waals surface area contributed by atoms with Crippen molar-refractivity contribution in [3.63, 3.8) is 0 Å². The van der Waals surface area contributed by atoms with Crippen molar-refractivity contribution in [2.45, 2.75) is 6.36 Å². The second kappa shape index (κ2) is 4.52. The largest absolute Gasteiger partial charge is 0.573 e. The van der Waals surface area contributed by atoms with E-state index in [-0.39, 0.29) is 5.56 Å². The van der Waals surface area contributed by atoms with Gasteiger partial charge in [0.2, 0.25) is 0 Å². The summed E-state index contributed by atoms with van der Waals surface area (Å²) in [6, 6.07) is 3.84. The van der Waals surface area contributed by atoms with E-state index < -0.39 is 12.1 Å². The van der Waals surface area contributed by atoms with Gasteiger partial charge in [-0.05, 0) is 18.2 Å². The van der Waals surface area contributed by atoms with Gasteiger partial charge in [0.25, 0.3) is 0 Å². The lowest BCUT2D eigenvalue weighted by Crippen LogP contribution is -2.18. The minimum Gasteiger partial charge on any atom is -0.411 e. The minimum atomic E-state index is -4.77. The Morgan fingerprint density at radius 1 is 1.40 bits per heavy atom. The van der Waals surface area contributed by atoms with Crippen LogP contribution >= 0.6 is 15.9 Å². The molecule has 0 aliphatic heterocycles. The molecule has 3 nitrogen and oxygen atoms in total. The van der Waals surface area contributed by atoms with Gasteiger partial charge in [-0.2, -0.15) is 0 Å². The molecule has 0 amide bonds. The lowest BCUT2D eigenvalue weighted by molar-refractivity contribution is -0.274. The summed E-state index contributed by atoms with van der Waals surface area (Å²) >= 11 is 3.07. The van der Waals surface area contributed by atoms with Crippen molar-refractivity contribution in [1.82, 2.24) is 0 Å². The Balaban J connectivity index is 3.06. The van der Waals surface area contributed by atoms with Gasteiger partial charge in [0.15, 0.2) is 0 Å². The zero-order valence-corrected chi connectivity index (χ0v) is 8.71. The van der Waals surface area contributed by atoms with Gasteiger partial charge in [-0.15, -0.1) is 13.2 Å². The number of hydrogen-bond acceptors (Lipinski definition) is 3. The average molecular weight is 284 g/mol. The van der Waals surface area contributed by atoms with Gasteiger partial charge < -0.3 is 9.94 Å². The Morgan fingerprint density at radius 2 is 2.07 bits per heavy atom. The maximum Gasteiger partial charge on any atom is 0.573 e. The molecule has 0 aliphatic rings. The maximum atomic E-state index is 11.9. The molecule has 0 saturated carbocycles. The van der Waals surface area contributed by atoms with E-state index in [1.54, 1.807) is 0 Å². The van der Waals surface area contributed by atoms with Gasteiger partial charge in [-0.1, -0.05) is 21.1 Å². The Bertz CT molecular complexity index is 379. The maximum absolute atomic E-state index is 11.9. The smallest absolute Gasteiger partial charge is 0.411 e. The number of nitrogens with zero attached hydrogens (tertiary/aromatic N) is 1. The first kappa shape index (κ1) is 11.8. The molecule has 1 aromatic rings. The normalized spacial score (nSPS) is 12.0. The first-order valence-electron chi connectivity index (χ1n) is 3.65. The molecular weight excluding hydrogens is 279 g/mol. The van der Waals surface area contributed by atoms with Gasteiger partial charge in [0, 0.05) is 10.0 Å². The van der Waals surface area contributed by atoms with Crippen LogP contribution in [0.25, 0.3) is 0 Å². The van der Waals surface area contributed by atoms with Crippen LogP contribution in [0, 0.1) is 0 Å². The van der Waals surface area contributed by atoms with E-state index in [0.717, 1.165) is 12.3 Å². The highest BCUT2D eigenvalue weighted by Crippen LogP contribution is 2.27. The lowest BCUT2D eigenvalue weighted by Gasteiger charge is -2.10. The van der Waals surface area contributed by atoms with E-state index in [2.05, 4.69) is 25.8 Å². The summed E-state index contributed by atoms with van der Waals surface area (Å²) in [5.41, 5.74) is 0.0178. The van der Waals surface area contributed by atoms with Gasteiger partial charge in [-0.3, -0.25) is 0 Å². The molecule has 82 valence electrons. The summed E-state index contributed by atoms with van der Waals surface area (Å²) in [6.07, 6.45) is -3.92. The summed E-state index contributed by atoms with van der Waals surface area (Å²) in [7, 11) is 0. The van der Waals surface area contributed by atoms with Gasteiger partial charge in [-0.25, -0.2) is 0 Å². The third kappa shape index (κ3) is 3.78. The van der Waals surface area contributed by atoms with Crippen molar-refractivity contribution < 1.29 is 23.1 Å². The standard InChI is InChI=1S/C8H5BrF3NO2/c9-6-1-2-7(15-8(10,11)12)5(3-6)4-13-14/h1-4,14H/b13-4+. The lowest BCUT2D eigenvalue weighted by atomic mass is 10.2. The van der Waals surface area contributed by atoms with Crippen LogP contribution in [0.4, 0.5) is 13.2 Å². The molecule has 0 heterocycles. The number of halogens is 4.